The fourth-order valence-electron chi connectivity index (χ4n) is 3.99. The molecule has 5 heteroatoms. The average molecular weight is 362 g/mol. The first-order chi connectivity index (χ1) is 13.3. The lowest BCUT2D eigenvalue weighted by atomic mass is 10.0. The van der Waals surface area contributed by atoms with Crippen molar-refractivity contribution in [3.05, 3.63) is 54.6 Å². The first-order valence-electron chi connectivity index (χ1n) is 9.48. The second-order valence-electron chi connectivity index (χ2n) is 7.24. The van der Waals surface area contributed by atoms with E-state index in [0.717, 1.165) is 50.2 Å². The van der Waals surface area contributed by atoms with Crippen LogP contribution in [0.2, 0.25) is 0 Å². The highest BCUT2D eigenvalue weighted by atomic mass is 16.6. The third-order valence-corrected chi connectivity index (χ3v) is 5.61. The van der Waals surface area contributed by atoms with Gasteiger partial charge in [-0.15, -0.1) is 0 Å². The number of hydrogen-bond donors (Lipinski definition) is 0. The molecule has 1 amide bonds. The molecule has 0 unspecified atom stereocenters. The number of carbonyl (C=O) groups excluding carboxylic acids is 1. The lowest BCUT2D eigenvalue weighted by Crippen LogP contribution is -2.63. The van der Waals surface area contributed by atoms with Crippen molar-refractivity contribution in [2.75, 3.05) is 39.4 Å². The van der Waals surface area contributed by atoms with Crippen LogP contribution in [0.4, 0.5) is 4.79 Å². The molecule has 2 aliphatic heterocycles. The summed E-state index contributed by atoms with van der Waals surface area (Å²) in [7, 11) is 0. The SMILES string of the molecule is O=C(Oc1ccc2ccc3ccccc3c2c1)N1CC(N2CCOCC2)C1. The van der Waals surface area contributed by atoms with Gasteiger partial charge in [0, 0.05) is 32.2 Å². The van der Waals surface area contributed by atoms with Gasteiger partial charge in [-0.25, -0.2) is 4.79 Å². The molecule has 0 aliphatic carbocycles. The molecular weight excluding hydrogens is 340 g/mol. The Morgan fingerprint density at radius 3 is 2.44 bits per heavy atom. The van der Waals surface area contributed by atoms with Crippen molar-refractivity contribution < 1.29 is 14.3 Å². The van der Waals surface area contributed by atoms with Gasteiger partial charge in [-0.1, -0.05) is 42.5 Å². The molecule has 5 nitrogen and oxygen atoms in total. The summed E-state index contributed by atoms with van der Waals surface area (Å²) in [5.74, 6) is 0.596. The van der Waals surface area contributed by atoms with E-state index in [1.54, 1.807) is 4.90 Å². The summed E-state index contributed by atoms with van der Waals surface area (Å²) >= 11 is 0. The van der Waals surface area contributed by atoms with Crippen LogP contribution in [0.3, 0.4) is 0 Å². The van der Waals surface area contributed by atoms with E-state index in [9.17, 15) is 4.79 Å². The number of nitrogens with zero attached hydrogens (tertiary/aromatic N) is 2. The highest BCUT2D eigenvalue weighted by Gasteiger charge is 2.36. The molecule has 27 heavy (non-hydrogen) atoms. The topological polar surface area (TPSA) is 42.0 Å². The molecule has 0 aromatic heterocycles. The maximum Gasteiger partial charge on any atom is 0.415 e. The summed E-state index contributed by atoms with van der Waals surface area (Å²) in [6, 6.07) is 18.8. The summed E-state index contributed by atoms with van der Waals surface area (Å²) < 4.78 is 11.0. The van der Waals surface area contributed by atoms with E-state index in [2.05, 4.69) is 29.2 Å². The Balaban J connectivity index is 1.30. The van der Waals surface area contributed by atoms with Gasteiger partial charge in [0.1, 0.15) is 5.75 Å². The summed E-state index contributed by atoms with van der Waals surface area (Å²) in [6.07, 6.45) is -0.265. The average Bonchev–Trinajstić information content (AvgIpc) is 2.67. The van der Waals surface area contributed by atoms with Crippen LogP contribution in [0.15, 0.2) is 54.6 Å². The Bertz CT molecular complexity index is 991. The summed E-state index contributed by atoms with van der Waals surface area (Å²) in [6.45, 7) is 4.93. The fourth-order valence-corrected chi connectivity index (χ4v) is 3.99. The van der Waals surface area contributed by atoms with Gasteiger partial charge in [-0.2, -0.15) is 0 Å². The van der Waals surface area contributed by atoms with Crippen LogP contribution in [-0.4, -0.2) is 61.3 Å². The minimum atomic E-state index is -0.265. The van der Waals surface area contributed by atoms with E-state index in [4.69, 9.17) is 9.47 Å². The summed E-state index contributed by atoms with van der Waals surface area (Å²) in [5, 5.41) is 4.60. The van der Waals surface area contributed by atoms with Gasteiger partial charge in [0.05, 0.1) is 13.2 Å². The molecule has 2 heterocycles. The van der Waals surface area contributed by atoms with Gasteiger partial charge >= 0.3 is 6.09 Å². The Kier molecular flexibility index (Phi) is 4.19. The second-order valence-corrected chi connectivity index (χ2v) is 7.24. The molecule has 0 radical (unpaired) electrons. The van der Waals surface area contributed by atoms with Crippen molar-refractivity contribution in [1.29, 1.82) is 0 Å². The number of carbonyl (C=O) groups is 1. The minimum absolute atomic E-state index is 0.265. The zero-order valence-electron chi connectivity index (χ0n) is 15.1. The molecule has 2 aliphatic rings. The third-order valence-electron chi connectivity index (χ3n) is 5.61. The number of likely N-dealkylation sites (tertiary alicyclic amines) is 1. The van der Waals surface area contributed by atoms with Crippen LogP contribution in [0.1, 0.15) is 0 Å². The second kappa shape index (κ2) is 6.83. The number of amides is 1. The van der Waals surface area contributed by atoms with Gasteiger partial charge in [0.25, 0.3) is 0 Å². The minimum Gasteiger partial charge on any atom is -0.410 e. The van der Waals surface area contributed by atoms with Crippen molar-refractivity contribution in [3.63, 3.8) is 0 Å². The van der Waals surface area contributed by atoms with Gasteiger partial charge in [0.15, 0.2) is 0 Å². The number of fused-ring (bicyclic) bond motifs is 3. The number of rotatable bonds is 2. The maximum absolute atomic E-state index is 12.5. The van der Waals surface area contributed by atoms with E-state index in [1.807, 2.05) is 30.3 Å². The highest BCUT2D eigenvalue weighted by Crippen LogP contribution is 2.29. The number of hydrogen-bond acceptors (Lipinski definition) is 4. The zero-order chi connectivity index (χ0) is 18.2. The lowest BCUT2D eigenvalue weighted by molar-refractivity contribution is -0.0250. The van der Waals surface area contributed by atoms with Crippen molar-refractivity contribution in [2.45, 2.75) is 6.04 Å². The van der Waals surface area contributed by atoms with Crippen molar-refractivity contribution in [1.82, 2.24) is 9.80 Å². The Hall–Kier alpha value is -2.63. The molecule has 2 fully saturated rings. The van der Waals surface area contributed by atoms with E-state index in [0.29, 0.717) is 11.8 Å². The largest absolute Gasteiger partial charge is 0.415 e. The lowest BCUT2D eigenvalue weighted by Gasteiger charge is -2.45. The third kappa shape index (κ3) is 3.13. The Morgan fingerprint density at radius 2 is 1.63 bits per heavy atom. The van der Waals surface area contributed by atoms with Gasteiger partial charge in [-0.3, -0.25) is 4.90 Å². The molecule has 0 bridgehead atoms. The molecule has 0 N–H and O–H groups in total. The molecular formula is C22H22N2O3. The van der Waals surface area contributed by atoms with Crippen LogP contribution >= 0.6 is 0 Å². The Labute approximate surface area is 158 Å². The molecule has 3 aromatic rings. The molecule has 0 spiro atoms. The standard InChI is InChI=1S/C22H22N2O3/c25-22(24-14-18(15-24)23-9-11-26-12-10-23)27-19-8-7-17-6-5-16-3-1-2-4-20(16)21(17)13-19/h1-8,13,18H,9-12,14-15H2. The van der Waals surface area contributed by atoms with Gasteiger partial charge in [-0.05, 0) is 33.7 Å². The van der Waals surface area contributed by atoms with Crippen LogP contribution in [0.5, 0.6) is 5.75 Å². The molecule has 0 atom stereocenters. The van der Waals surface area contributed by atoms with Crippen LogP contribution in [-0.2, 0) is 4.74 Å². The normalized spacial score (nSPS) is 18.6. The smallest absolute Gasteiger partial charge is 0.410 e. The summed E-state index contributed by atoms with van der Waals surface area (Å²) in [4.78, 5) is 16.7. The van der Waals surface area contributed by atoms with E-state index in [-0.39, 0.29) is 6.09 Å². The number of benzene rings is 3. The van der Waals surface area contributed by atoms with E-state index >= 15 is 0 Å². The van der Waals surface area contributed by atoms with E-state index in [1.165, 1.54) is 10.8 Å². The van der Waals surface area contributed by atoms with Gasteiger partial charge in [0.2, 0.25) is 0 Å². The molecule has 138 valence electrons. The molecule has 3 aromatic carbocycles. The molecule has 2 saturated heterocycles. The predicted octanol–water partition coefficient (Wildman–Crippen LogP) is 3.51. The maximum atomic E-state index is 12.5. The molecule has 5 rings (SSSR count). The Morgan fingerprint density at radius 1 is 0.926 bits per heavy atom. The van der Waals surface area contributed by atoms with Crippen LogP contribution < -0.4 is 4.74 Å². The van der Waals surface area contributed by atoms with E-state index < -0.39 is 0 Å². The van der Waals surface area contributed by atoms with Gasteiger partial charge < -0.3 is 14.4 Å². The summed E-state index contributed by atoms with van der Waals surface area (Å²) in [5.41, 5.74) is 0. The fraction of sp³-hybridized carbons (Fsp3) is 0.318. The monoisotopic (exact) mass is 362 g/mol. The zero-order valence-corrected chi connectivity index (χ0v) is 15.1. The quantitative estimate of drug-likeness (QED) is 0.655. The number of ether oxygens (including phenoxy) is 2. The number of morpholine rings is 1. The molecule has 0 saturated carbocycles. The van der Waals surface area contributed by atoms with Crippen LogP contribution in [0.25, 0.3) is 21.5 Å². The first-order valence-corrected chi connectivity index (χ1v) is 9.48. The first kappa shape index (κ1) is 16.5. The van der Waals surface area contributed by atoms with Crippen LogP contribution in [0, 0.1) is 0 Å². The van der Waals surface area contributed by atoms with Crippen molar-refractivity contribution in [3.8, 4) is 5.75 Å². The van der Waals surface area contributed by atoms with Crippen molar-refractivity contribution >= 4 is 27.6 Å². The highest BCUT2D eigenvalue weighted by molar-refractivity contribution is 6.07. The predicted molar refractivity (Wildman–Crippen MR) is 105 cm³/mol. The van der Waals surface area contributed by atoms with Crippen molar-refractivity contribution in [2.24, 2.45) is 0 Å².